The monoisotopic (exact) mass is 274 g/mol. The number of hydrogen-bond acceptors (Lipinski definition) is 4. The molecule has 1 saturated heterocycles. The molecule has 1 fully saturated rings. The van der Waals surface area contributed by atoms with Crippen molar-refractivity contribution >= 4 is 16.7 Å². The third-order valence-electron chi connectivity index (χ3n) is 3.86. The minimum absolute atomic E-state index is 0.334. The van der Waals surface area contributed by atoms with E-state index in [0.29, 0.717) is 12.0 Å². The van der Waals surface area contributed by atoms with E-state index < -0.39 is 0 Å². The predicted octanol–water partition coefficient (Wildman–Crippen LogP) is 2.85. The zero-order chi connectivity index (χ0) is 13.9. The van der Waals surface area contributed by atoms with Gasteiger partial charge in [-0.1, -0.05) is 0 Å². The van der Waals surface area contributed by atoms with Crippen molar-refractivity contribution in [1.82, 2.24) is 14.8 Å². The molecule has 0 spiro atoms. The van der Waals surface area contributed by atoms with Crippen molar-refractivity contribution in [3.63, 3.8) is 0 Å². The Kier molecular flexibility index (Phi) is 3.87. The summed E-state index contributed by atoms with van der Waals surface area (Å²) >= 11 is 0. The number of pyridine rings is 1. The number of nitrogens with one attached hydrogen (secondary N) is 1. The van der Waals surface area contributed by atoms with Crippen LogP contribution in [0.1, 0.15) is 32.7 Å². The van der Waals surface area contributed by atoms with Crippen LogP contribution < -0.4 is 5.32 Å². The topological polar surface area (TPSA) is 52.0 Å². The Bertz CT molecular complexity index is 572. The Balaban J connectivity index is 1.69. The van der Waals surface area contributed by atoms with Crippen LogP contribution in [0, 0.1) is 5.92 Å². The number of aromatic nitrogens is 3. The lowest BCUT2D eigenvalue weighted by molar-refractivity contribution is 0.0699. The first-order valence-corrected chi connectivity index (χ1v) is 7.39. The number of hydrogen-bond donors (Lipinski definition) is 1. The van der Waals surface area contributed by atoms with Crippen molar-refractivity contribution in [2.45, 2.75) is 32.7 Å². The molecule has 0 atom stereocenters. The molecule has 3 rings (SSSR count). The molecule has 0 amide bonds. The van der Waals surface area contributed by atoms with Gasteiger partial charge in [0.2, 0.25) is 0 Å². The highest BCUT2D eigenvalue weighted by Crippen LogP contribution is 2.20. The zero-order valence-corrected chi connectivity index (χ0v) is 12.2. The van der Waals surface area contributed by atoms with Gasteiger partial charge in [0.05, 0.1) is 18.1 Å². The van der Waals surface area contributed by atoms with Crippen LogP contribution in [0.15, 0.2) is 18.5 Å². The molecule has 1 N–H and O–H groups in total. The Labute approximate surface area is 119 Å². The SMILES string of the molecule is CC(C)n1ncc2cc(NCC3CCOCC3)cnc21. The molecule has 0 aliphatic carbocycles. The molecule has 1 aliphatic rings. The molecule has 1 aliphatic heterocycles. The first-order valence-electron chi connectivity index (χ1n) is 7.39. The van der Waals surface area contributed by atoms with Gasteiger partial charge in [-0.05, 0) is 38.7 Å². The van der Waals surface area contributed by atoms with Crippen LogP contribution in [0.2, 0.25) is 0 Å². The van der Waals surface area contributed by atoms with Gasteiger partial charge in [-0.15, -0.1) is 0 Å². The van der Waals surface area contributed by atoms with Crippen LogP contribution in [0.4, 0.5) is 5.69 Å². The summed E-state index contributed by atoms with van der Waals surface area (Å²) in [6.45, 7) is 7.02. The Hall–Kier alpha value is -1.62. The molecule has 0 bridgehead atoms. The molecule has 0 unspecified atom stereocenters. The summed E-state index contributed by atoms with van der Waals surface area (Å²) < 4.78 is 7.34. The Morgan fingerprint density at radius 2 is 2.15 bits per heavy atom. The first kappa shape index (κ1) is 13.4. The molecule has 0 radical (unpaired) electrons. The minimum Gasteiger partial charge on any atom is -0.383 e. The van der Waals surface area contributed by atoms with Crippen molar-refractivity contribution in [2.24, 2.45) is 5.92 Å². The predicted molar refractivity (Wildman–Crippen MR) is 79.9 cm³/mol. The molecule has 5 heteroatoms. The van der Waals surface area contributed by atoms with Crippen molar-refractivity contribution in [2.75, 3.05) is 25.1 Å². The minimum atomic E-state index is 0.334. The maximum atomic E-state index is 5.38. The number of rotatable bonds is 4. The second kappa shape index (κ2) is 5.79. The number of nitrogens with zero attached hydrogens (tertiary/aromatic N) is 3. The van der Waals surface area contributed by atoms with Crippen molar-refractivity contribution in [3.05, 3.63) is 18.5 Å². The van der Waals surface area contributed by atoms with Gasteiger partial charge in [0.15, 0.2) is 5.65 Å². The van der Waals surface area contributed by atoms with Gasteiger partial charge in [-0.3, -0.25) is 0 Å². The summed E-state index contributed by atoms with van der Waals surface area (Å²) in [5.41, 5.74) is 2.03. The van der Waals surface area contributed by atoms with Gasteiger partial charge in [-0.25, -0.2) is 9.67 Å². The molecule has 2 aromatic rings. The normalized spacial score (nSPS) is 16.9. The molecule has 3 heterocycles. The van der Waals surface area contributed by atoms with E-state index in [9.17, 15) is 0 Å². The summed E-state index contributed by atoms with van der Waals surface area (Å²) in [5, 5.41) is 8.98. The summed E-state index contributed by atoms with van der Waals surface area (Å²) in [6.07, 6.45) is 6.09. The van der Waals surface area contributed by atoms with E-state index in [-0.39, 0.29) is 0 Å². The van der Waals surface area contributed by atoms with Crippen molar-refractivity contribution in [1.29, 1.82) is 0 Å². The fraction of sp³-hybridized carbons (Fsp3) is 0.600. The molecule has 0 saturated carbocycles. The molecule has 108 valence electrons. The average Bonchev–Trinajstić information content (AvgIpc) is 2.89. The van der Waals surface area contributed by atoms with E-state index >= 15 is 0 Å². The first-order chi connectivity index (χ1) is 9.74. The smallest absolute Gasteiger partial charge is 0.158 e. The summed E-state index contributed by atoms with van der Waals surface area (Å²) in [7, 11) is 0. The maximum absolute atomic E-state index is 5.38. The largest absolute Gasteiger partial charge is 0.383 e. The fourth-order valence-electron chi connectivity index (χ4n) is 2.63. The lowest BCUT2D eigenvalue weighted by Crippen LogP contribution is -2.22. The van der Waals surface area contributed by atoms with Crippen LogP contribution in [0.3, 0.4) is 0 Å². The van der Waals surface area contributed by atoms with E-state index in [1.54, 1.807) is 0 Å². The fourth-order valence-corrected chi connectivity index (χ4v) is 2.63. The third-order valence-corrected chi connectivity index (χ3v) is 3.86. The van der Waals surface area contributed by atoms with Crippen molar-refractivity contribution < 1.29 is 4.74 Å². The molecular formula is C15H22N4O. The number of anilines is 1. The van der Waals surface area contributed by atoms with Crippen LogP contribution in [-0.2, 0) is 4.74 Å². The zero-order valence-electron chi connectivity index (χ0n) is 12.2. The van der Waals surface area contributed by atoms with Gasteiger partial charge in [0, 0.05) is 31.2 Å². The molecule has 20 heavy (non-hydrogen) atoms. The highest BCUT2D eigenvalue weighted by atomic mass is 16.5. The van der Waals surface area contributed by atoms with E-state index in [1.807, 2.05) is 17.1 Å². The third kappa shape index (κ3) is 2.77. The average molecular weight is 274 g/mol. The summed E-state index contributed by atoms with van der Waals surface area (Å²) in [4.78, 5) is 4.54. The quantitative estimate of drug-likeness (QED) is 0.931. The highest BCUT2D eigenvalue weighted by molar-refractivity contribution is 5.78. The summed E-state index contributed by atoms with van der Waals surface area (Å²) in [5.74, 6) is 0.706. The van der Waals surface area contributed by atoms with Gasteiger partial charge in [0.25, 0.3) is 0 Å². The van der Waals surface area contributed by atoms with Crippen LogP contribution in [0.5, 0.6) is 0 Å². The Morgan fingerprint density at radius 1 is 1.35 bits per heavy atom. The van der Waals surface area contributed by atoms with E-state index in [0.717, 1.165) is 49.3 Å². The van der Waals surface area contributed by atoms with Crippen molar-refractivity contribution in [3.8, 4) is 0 Å². The summed E-state index contributed by atoms with van der Waals surface area (Å²) in [6, 6.07) is 2.47. The number of ether oxygens (including phenoxy) is 1. The standard InChI is InChI=1S/C15H22N4O/c1-11(2)19-15-13(9-18-19)7-14(10-17-15)16-8-12-3-5-20-6-4-12/h7,9-12,16H,3-6,8H2,1-2H3. The van der Waals surface area contributed by atoms with Gasteiger partial charge < -0.3 is 10.1 Å². The van der Waals surface area contributed by atoms with Gasteiger partial charge in [-0.2, -0.15) is 5.10 Å². The highest BCUT2D eigenvalue weighted by Gasteiger charge is 2.14. The molecule has 2 aromatic heterocycles. The van der Waals surface area contributed by atoms with E-state index in [2.05, 4.69) is 35.3 Å². The van der Waals surface area contributed by atoms with Gasteiger partial charge >= 0.3 is 0 Å². The second-order valence-corrected chi connectivity index (χ2v) is 5.76. The number of fused-ring (bicyclic) bond motifs is 1. The van der Waals surface area contributed by atoms with E-state index in [4.69, 9.17) is 4.74 Å². The molecular weight excluding hydrogens is 252 g/mol. The lowest BCUT2D eigenvalue weighted by Gasteiger charge is -2.22. The van der Waals surface area contributed by atoms with E-state index in [1.165, 1.54) is 0 Å². The van der Waals surface area contributed by atoms with Crippen LogP contribution in [0.25, 0.3) is 11.0 Å². The lowest BCUT2D eigenvalue weighted by atomic mass is 10.0. The molecule has 0 aromatic carbocycles. The van der Waals surface area contributed by atoms with Crippen LogP contribution >= 0.6 is 0 Å². The maximum Gasteiger partial charge on any atom is 0.158 e. The van der Waals surface area contributed by atoms with Gasteiger partial charge in [0.1, 0.15) is 0 Å². The Morgan fingerprint density at radius 3 is 2.90 bits per heavy atom. The molecule has 5 nitrogen and oxygen atoms in total. The van der Waals surface area contributed by atoms with Crippen LogP contribution in [-0.4, -0.2) is 34.5 Å². The second-order valence-electron chi connectivity index (χ2n) is 5.76.